The predicted octanol–water partition coefficient (Wildman–Crippen LogP) is 1.70. The summed E-state index contributed by atoms with van der Waals surface area (Å²) in [5.41, 5.74) is 2.96. The molecule has 0 amide bonds. The molecule has 0 aliphatic carbocycles. The highest BCUT2D eigenvalue weighted by molar-refractivity contribution is 7.92. The first-order valence-electron chi connectivity index (χ1n) is 4.33. The van der Waals surface area contributed by atoms with Crippen molar-refractivity contribution < 1.29 is 8.42 Å². The summed E-state index contributed by atoms with van der Waals surface area (Å²) in [6.45, 7) is 3.97. The van der Waals surface area contributed by atoms with Crippen molar-refractivity contribution in [2.24, 2.45) is 0 Å². The molecule has 0 unspecified atom stereocenters. The second-order valence-electron chi connectivity index (χ2n) is 3.50. The van der Waals surface area contributed by atoms with E-state index in [9.17, 15) is 8.42 Å². The van der Waals surface area contributed by atoms with Crippen LogP contribution in [-0.2, 0) is 10.0 Å². The highest BCUT2D eigenvalue weighted by Gasteiger charge is 2.11. The van der Waals surface area contributed by atoms with Crippen LogP contribution in [0.4, 0.5) is 5.69 Å². The SMILES string of the molecule is Cc1ccc(N(C)S(C)(=O)=O)cc1C. The molecule has 0 fully saturated rings. The molecule has 4 heteroatoms. The molecule has 0 saturated heterocycles. The number of benzene rings is 1. The van der Waals surface area contributed by atoms with Crippen LogP contribution in [-0.4, -0.2) is 21.7 Å². The van der Waals surface area contributed by atoms with E-state index in [1.54, 1.807) is 7.05 Å². The molecular weight excluding hydrogens is 198 g/mol. The lowest BCUT2D eigenvalue weighted by Gasteiger charge is -2.17. The largest absolute Gasteiger partial charge is 0.274 e. The molecule has 0 saturated carbocycles. The molecule has 78 valence electrons. The van der Waals surface area contributed by atoms with E-state index < -0.39 is 10.0 Å². The Kier molecular flexibility index (Phi) is 2.85. The molecule has 0 bridgehead atoms. The Hall–Kier alpha value is -1.03. The van der Waals surface area contributed by atoms with Gasteiger partial charge in [0.15, 0.2) is 0 Å². The summed E-state index contributed by atoms with van der Waals surface area (Å²) in [4.78, 5) is 0. The van der Waals surface area contributed by atoms with Gasteiger partial charge in [0.25, 0.3) is 0 Å². The van der Waals surface area contributed by atoms with Gasteiger partial charge in [0, 0.05) is 7.05 Å². The Morgan fingerprint density at radius 2 is 1.71 bits per heavy atom. The van der Waals surface area contributed by atoms with Crippen molar-refractivity contribution in [3.05, 3.63) is 29.3 Å². The van der Waals surface area contributed by atoms with E-state index in [0.29, 0.717) is 5.69 Å². The first-order chi connectivity index (χ1) is 6.32. The molecule has 3 nitrogen and oxygen atoms in total. The molecule has 14 heavy (non-hydrogen) atoms. The van der Waals surface area contributed by atoms with Crippen LogP contribution in [0.5, 0.6) is 0 Å². The van der Waals surface area contributed by atoms with Crippen molar-refractivity contribution in [1.29, 1.82) is 0 Å². The van der Waals surface area contributed by atoms with Crippen molar-refractivity contribution in [3.63, 3.8) is 0 Å². The Morgan fingerprint density at radius 3 is 2.14 bits per heavy atom. The van der Waals surface area contributed by atoms with Gasteiger partial charge in [0.05, 0.1) is 11.9 Å². The lowest BCUT2D eigenvalue weighted by molar-refractivity contribution is 0.600. The Morgan fingerprint density at radius 1 is 1.14 bits per heavy atom. The van der Waals surface area contributed by atoms with Crippen LogP contribution in [0, 0.1) is 13.8 Å². The van der Waals surface area contributed by atoms with Gasteiger partial charge in [0.1, 0.15) is 0 Å². The zero-order chi connectivity index (χ0) is 10.9. The van der Waals surface area contributed by atoms with E-state index in [0.717, 1.165) is 11.1 Å². The number of nitrogens with zero attached hydrogens (tertiary/aromatic N) is 1. The molecule has 0 N–H and O–H groups in total. The molecule has 1 aromatic rings. The number of rotatable bonds is 2. The molecule has 1 rings (SSSR count). The monoisotopic (exact) mass is 213 g/mol. The molecule has 0 aliphatic rings. The molecule has 0 aromatic heterocycles. The maximum atomic E-state index is 11.3. The van der Waals surface area contributed by atoms with Gasteiger partial charge in [-0.1, -0.05) is 6.07 Å². The molecule has 0 aliphatic heterocycles. The number of aryl methyl sites for hydroxylation is 2. The van der Waals surface area contributed by atoms with Crippen LogP contribution >= 0.6 is 0 Å². The predicted molar refractivity (Wildman–Crippen MR) is 59.2 cm³/mol. The summed E-state index contributed by atoms with van der Waals surface area (Å²) in [6.07, 6.45) is 1.20. The summed E-state index contributed by atoms with van der Waals surface area (Å²) < 4.78 is 23.8. The van der Waals surface area contributed by atoms with Gasteiger partial charge in [0.2, 0.25) is 10.0 Å². The minimum atomic E-state index is -3.15. The van der Waals surface area contributed by atoms with Crippen LogP contribution < -0.4 is 4.31 Å². The fourth-order valence-electron chi connectivity index (χ4n) is 1.11. The second kappa shape index (κ2) is 3.61. The third-order valence-corrected chi connectivity index (χ3v) is 3.56. The zero-order valence-corrected chi connectivity index (χ0v) is 9.72. The summed E-state index contributed by atoms with van der Waals surface area (Å²) >= 11 is 0. The van der Waals surface area contributed by atoms with Crippen LogP contribution in [0.1, 0.15) is 11.1 Å². The Labute approximate surface area is 85.4 Å². The van der Waals surface area contributed by atoms with Crippen LogP contribution in [0.25, 0.3) is 0 Å². The quantitative estimate of drug-likeness (QED) is 0.750. The van der Waals surface area contributed by atoms with E-state index in [-0.39, 0.29) is 0 Å². The third kappa shape index (κ3) is 2.26. The van der Waals surface area contributed by atoms with Gasteiger partial charge < -0.3 is 0 Å². The van der Waals surface area contributed by atoms with E-state index in [1.165, 1.54) is 10.6 Å². The Bertz CT molecular complexity index is 437. The normalized spacial score (nSPS) is 11.4. The van der Waals surface area contributed by atoms with Crippen molar-refractivity contribution in [3.8, 4) is 0 Å². The zero-order valence-electron chi connectivity index (χ0n) is 8.90. The van der Waals surface area contributed by atoms with Crippen molar-refractivity contribution in [2.45, 2.75) is 13.8 Å². The van der Waals surface area contributed by atoms with Crippen LogP contribution in [0.3, 0.4) is 0 Å². The Balaban J connectivity index is 3.16. The van der Waals surface area contributed by atoms with E-state index in [4.69, 9.17) is 0 Å². The highest BCUT2D eigenvalue weighted by atomic mass is 32.2. The fourth-order valence-corrected chi connectivity index (χ4v) is 1.61. The summed E-state index contributed by atoms with van der Waals surface area (Å²) in [5, 5.41) is 0. The van der Waals surface area contributed by atoms with Gasteiger partial charge in [-0.2, -0.15) is 0 Å². The maximum Gasteiger partial charge on any atom is 0.231 e. The topological polar surface area (TPSA) is 37.4 Å². The summed E-state index contributed by atoms with van der Waals surface area (Å²) in [6, 6.07) is 5.60. The smallest absolute Gasteiger partial charge is 0.231 e. The fraction of sp³-hybridized carbons (Fsp3) is 0.400. The van der Waals surface area contributed by atoms with E-state index in [2.05, 4.69) is 0 Å². The minimum Gasteiger partial charge on any atom is -0.274 e. The molecular formula is C10H15NO2S. The van der Waals surface area contributed by atoms with Crippen LogP contribution in [0.2, 0.25) is 0 Å². The van der Waals surface area contributed by atoms with Gasteiger partial charge >= 0.3 is 0 Å². The average molecular weight is 213 g/mol. The minimum absolute atomic E-state index is 0.704. The highest BCUT2D eigenvalue weighted by Crippen LogP contribution is 2.19. The first kappa shape index (κ1) is 11.0. The standard InChI is InChI=1S/C10H15NO2S/c1-8-5-6-10(7-9(8)2)11(3)14(4,12)13/h5-7H,1-4H3. The van der Waals surface area contributed by atoms with Gasteiger partial charge in [-0.05, 0) is 37.1 Å². The number of anilines is 1. The lowest BCUT2D eigenvalue weighted by atomic mass is 10.1. The molecule has 1 aromatic carbocycles. The van der Waals surface area contributed by atoms with Gasteiger partial charge in [-0.3, -0.25) is 4.31 Å². The van der Waals surface area contributed by atoms with E-state index >= 15 is 0 Å². The molecule has 0 spiro atoms. The van der Waals surface area contributed by atoms with Crippen molar-refractivity contribution in [2.75, 3.05) is 17.6 Å². The average Bonchev–Trinajstić information content (AvgIpc) is 2.07. The second-order valence-corrected chi connectivity index (χ2v) is 5.51. The maximum absolute atomic E-state index is 11.3. The number of sulfonamides is 1. The van der Waals surface area contributed by atoms with Crippen molar-refractivity contribution in [1.82, 2.24) is 0 Å². The van der Waals surface area contributed by atoms with Crippen LogP contribution in [0.15, 0.2) is 18.2 Å². The molecule has 0 heterocycles. The number of hydrogen-bond donors (Lipinski definition) is 0. The number of hydrogen-bond acceptors (Lipinski definition) is 2. The third-order valence-electron chi connectivity index (χ3n) is 2.35. The molecule has 0 atom stereocenters. The summed E-state index contributed by atoms with van der Waals surface area (Å²) in [7, 11) is -1.60. The lowest BCUT2D eigenvalue weighted by Crippen LogP contribution is -2.24. The van der Waals surface area contributed by atoms with Crippen molar-refractivity contribution >= 4 is 15.7 Å². The van der Waals surface area contributed by atoms with E-state index in [1.807, 2.05) is 32.0 Å². The van der Waals surface area contributed by atoms with Gasteiger partial charge in [-0.15, -0.1) is 0 Å². The van der Waals surface area contributed by atoms with Gasteiger partial charge in [-0.25, -0.2) is 8.42 Å². The summed E-state index contributed by atoms with van der Waals surface area (Å²) in [5.74, 6) is 0. The molecule has 0 radical (unpaired) electrons. The first-order valence-corrected chi connectivity index (χ1v) is 6.18.